The summed E-state index contributed by atoms with van der Waals surface area (Å²) in [6, 6.07) is 4.54. The standard InChI is InChI=1S/C12H15NO4S/c1-8-6-13-10-4-3-9(12(14)17-2)5-11(10)18(15,16)7-8/h3-5,8,13H,6-7H2,1-2H3. The van der Waals surface area contributed by atoms with Crippen LogP contribution in [-0.4, -0.2) is 33.8 Å². The number of benzene rings is 1. The van der Waals surface area contributed by atoms with Crippen LogP contribution in [0.4, 0.5) is 5.69 Å². The molecule has 0 fully saturated rings. The second-order valence-electron chi connectivity index (χ2n) is 4.47. The highest BCUT2D eigenvalue weighted by atomic mass is 32.2. The van der Waals surface area contributed by atoms with E-state index in [4.69, 9.17) is 0 Å². The molecule has 6 heteroatoms. The van der Waals surface area contributed by atoms with E-state index >= 15 is 0 Å². The molecule has 1 unspecified atom stereocenters. The van der Waals surface area contributed by atoms with E-state index in [2.05, 4.69) is 10.1 Å². The van der Waals surface area contributed by atoms with Gasteiger partial charge in [0.1, 0.15) is 0 Å². The average Bonchev–Trinajstić information content (AvgIpc) is 2.45. The quantitative estimate of drug-likeness (QED) is 0.778. The molecule has 1 atom stereocenters. The van der Waals surface area contributed by atoms with Gasteiger partial charge in [0.2, 0.25) is 0 Å². The van der Waals surface area contributed by atoms with Crippen molar-refractivity contribution in [2.75, 3.05) is 24.7 Å². The summed E-state index contributed by atoms with van der Waals surface area (Å²) in [5.41, 5.74) is 0.795. The first-order chi connectivity index (χ1) is 8.44. The van der Waals surface area contributed by atoms with Crippen LogP contribution in [-0.2, 0) is 14.6 Å². The second-order valence-corrected chi connectivity index (χ2v) is 6.47. The summed E-state index contributed by atoms with van der Waals surface area (Å²) in [5, 5.41) is 3.08. The highest BCUT2D eigenvalue weighted by molar-refractivity contribution is 7.91. The van der Waals surface area contributed by atoms with Gasteiger partial charge in [-0.3, -0.25) is 0 Å². The normalized spacial score (nSPS) is 21.3. The fraction of sp³-hybridized carbons (Fsp3) is 0.417. The molecule has 0 spiro atoms. The third-order valence-electron chi connectivity index (χ3n) is 2.88. The monoisotopic (exact) mass is 269 g/mol. The minimum Gasteiger partial charge on any atom is -0.465 e. The number of carbonyl (C=O) groups is 1. The Morgan fingerprint density at radius 2 is 2.17 bits per heavy atom. The second kappa shape index (κ2) is 4.61. The zero-order chi connectivity index (χ0) is 13.3. The molecule has 18 heavy (non-hydrogen) atoms. The van der Waals surface area contributed by atoms with E-state index < -0.39 is 15.8 Å². The molecule has 0 aliphatic carbocycles. The molecular weight excluding hydrogens is 254 g/mol. The van der Waals surface area contributed by atoms with E-state index in [1.165, 1.54) is 13.2 Å². The summed E-state index contributed by atoms with van der Waals surface area (Å²) < 4.78 is 28.9. The third-order valence-corrected chi connectivity index (χ3v) is 4.90. The van der Waals surface area contributed by atoms with Crippen molar-refractivity contribution in [3.05, 3.63) is 23.8 Å². The topological polar surface area (TPSA) is 72.5 Å². The fourth-order valence-corrected chi connectivity index (χ4v) is 3.81. The van der Waals surface area contributed by atoms with Gasteiger partial charge in [0, 0.05) is 6.54 Å². The van der Waals surface area contributed by atoms with Crippen molar-refractivity contribution in [1.29, 1.82) is 0 Å². The van der Waals surface area contributed by atoms with E-state index in [-0.39, 0.29) is 22.1 Å². The molecule has 1 heterocycles. The van der Waals surface area contributed by atoms with Crippen LogP contribution >= 0.6 is 0 Å². The number of methoxy groups -OCH3 is 1. The SMILES string of the molecule is COC(=O)c1ccc2c(c1)S(=O)(=O)CC(C)CN2. The Labute approximate surface area is 106 Å². The van der Waals surface area contributed by atoms with Crippen LogP contribution in [0.1, 0.15) is 17.3 Å². The Morgan fingerprint density at radius 1 is 1.44 bits per heavy atom. The van der Waals surface area contributed by atoms with Crippen molar-refractivity contribution in [3.8, 4) is 0 Å². The number of hydrogen-bond acceptors (Lipinski definition) is 5. The Balaban J connectivity index is 2.54. The van der Waals surface area contributed by atoms with Crippen molar-refractivity contribution in [2.24, 2.45) is 5.92 Å². The van der Waals surface area contributed by atoms with Gasteiger partial charge in [0.15, 0.2) is 9.84 Å². The van der Waals surface area contributed by atoms with Crippen LogP contribution in [0, 0.1) is 5.92 Å². The van der Waals surface area contributed by atoms with Gasteiger partial charge in [-0.1, -0.05) is 6.92 Å². The van der Waals surface area contributed by atoms with Crippen molar-refractivity contribution in [1.82, 2.24) is 0 Å². The van der Waals surface area contributed by atoms with E-state index in [1.807, 2.05) is 6.92 Å². The lowest BCUT2D eigenvalue weighted by atomic mass is 10.2. The predicted octanol–water partition coefficient (Wildman–Crippen LogP) is 1.31. The maximum Gasteiger partial charge on any atom is 0.337 e. The Hall–Kier alpha value is -1.56. The van der Waals surface area contributed by atoms with Crippen molar-refractivity contribution >= 4 is 21.5 Å². The molecule has 1 N–H and O–H groups in total. The van der Waals surface area contributed by atoms with Gasteiger partial charge in [-0.05, 0) is 24.1 Å². The molecule has 5 nitrogen and oxygen atoms in total. The maximum absolute atomic E-state index is 12.2. The molecule has 98 valence electrons. The van der Waals surface area contributed by atoms with Crippen LogP contribution in [0.3, 0.4) is 0 Å². The van der Waals surface area contributed by atoms with E-state index in [0.29, 0.717) is 12.2 Å². The highest BCUT2D eigenvalue weighted by Gasteiger charge is 2.26. The number of esters is 1. The number of hydrogen-bond donors (Lipinski definition) is 1. The first-order valence-corrected chi connectivity index (χ1v) is 7.28. The molecule has 0 radical (unpaired) electrons. The Kier molecular flexibility index (Phi) is 3.30. The summed E-state index contributed by atoms with van der Waals surface area (Å²) in [5.74, 6) is -0.424. The maximum atomic E-state index is 12.2. The molecule has 1 aliphatic rings. The van der Waals surface area contributed by atoms with E-state index in [1.54, 1.807) is 12.1 Å². The molecule has 1 aliphatic heterocycles. The lowest BCUT2D eigenvalue weighted by Gasteiger charge is -2.08. The van der Waals surface area contributed by atoms with Crippen molar-refractivity contribution < 1.29 is 17.9 Å². The predicted molar refractivity (Wildman–Crippen MR) is 67.5 cm³/mol. The molecule has 0 amide bonds. The summed E-state index contributed by atoms with van der Waals surface area (Å²) in [4.78, 5) is 11.6. The molecular formula is C12H15NO4S. The Morgan fingerprint density at radius 3 is 2.83 bits per heavy atom. The zero-order valence-electron chi connectivity index (χ0n) is 10.3. The van der Waals surface area contributed by atoms with Gasteiger partial charge < -0.3 is 10.1 Å². The largest absolute Gasteiger partial charge is 0.465 e. The van der Waals surface area contributed by atoms with Gasteiger partial charge in [0.25, 0.3) is 0 Å². The van der Waals surface area contributed by atoms with Gasteiger partial charge >= 0.3 is 5.97 Å². The van der Waals surface area contributed by atoms with Crippen LogP contribution in [0.15, 0.2) is 23.1 Å². The minimum absolute atomic E-state index is 0.0315. The molecule has 1 aromatic rings. The Bertz CT molecular complexity index is 580. The van der Waals surface area contributed by atoms with E-state index in [9.17, 15) is 13.2 Å². The number of sulfone groups is 1. The fourth-order valence-electron chi connectivity index (χ4n) is 1.98. The summed E-state index contributed by atoms with van der Waals surface area (Å²) >= 11 is 0. The van der Waals surface area contributed by atoms with Gasteiger partial charge in [-0.2, -0.15) is 0 Å². The van der Waals surface area contributed by atoms with Crippen LogP contribution < -0.4 is 5.32 Å². The smallest absolute Gasteiger partial charge is 0.337 e. The molecule has 2 rings (SSSR count). The van der Waals surface area contributed by atoms with Gasteiger partial charge in [-0.25, -0.2) is 13.2 Å². The van der Waals surface area contributed by atoms with Gasteiger partial charge in [0.05, 0.1) is 29.0 Å². The first kappa shape index (κ1) is 12.9. The summed E-state index contributed by atoms with van der Waals surface area (Å²) in [7, 11) is -2.10. The lowest BCUT2D eigenvalue weighted by Crippen LogP contribution is -2.15. The van der Waals surface area contributed by atoms with Crippen LogP contribution in [0.5, 0.6) is 0 Å². The molecule has 0 aromatic heterocycles. The number of rotatable bonds is 1. The van der Waals surface area contributed by atoms with Crippen LogP contribution in [0.2, 0.25) is 0 Å². The number of nitrogens with one attached hydrogen (secondary N) is 1. The molecule has 0 bridgehead atoms. The average molecular weight is 269 g/mol. The molecule has 1 aromatic carbocycles. The van der Waals surface area contributed by atoms with Crippen molar-refractivity contribution in [3.63, 3.8) is 0 Å². The zero-order valence-corrected chi connectivity index (χ0v) is 11.1. The third kappa shape index (κ3) is 2.33. The highest BCUT2D eigenvalue weighted by Crippen LogP contribution is 2.28. The minimum atomic E-state index is -3.36. The molecule has 0 saturated heterocycles. The van der Waals surface area contributed by atoms with E-state index in [0.717, 1.165) is 0 Å². The summed E-state index contributed by atoms with van der Waals surface area (Å²) in [6.07, 6.45) is 0. The number of anilines is 1. The van der Waals surface area contributed by atoms with Crippen molar-refractivity contribution in [2.45, 2.75) is 11.8 Å². The summed E-state index contributed by atoms with van der Waals surface area (Å²) in [6.45, 7) is 2.47. The first-order valence-electron chi connectivity index (χ1n) is 5.63. The lowest BCUT2D eigenvalue weighted by molar-refractivity contribution is 0.0600. The number of carbonyl (C=O) groups excluding carboxylic acids is 1. The van der Waals surface area contributed by atoms with Crippen LogP contribution in [0.25, 0.3) is 0 Å². The number of fused-ring (bicyclic) bond motifs is 1. The molecule has 0 saturated carbocycles. The number of ether oxygens (including phenoxy) is 1. The van der Waals surface area contributed by atoms with Gasteiger partial charge in [-0.15, -0.1) is 0 Å².